The number of anilines is 1. The fourth-order valence-corrected chi connectivity index (χ4v) is 2.87. The maximum atomic E-state index is 11.8. The van der Waals surface area contributed by atoms with E-state index in [1.165, 1.54) is 11.3 Å². The maximum Gasteiger partial charge on any atom is 0.251 e. The smallest absolute Gasteiger partial charge is 0.251 e. The van der Waals surface area contributed by atoms with Gasteiger partial charge in [-0.2, -0.15) is 0 Å². The summed E-state index contributed by atoms with van der Waals surface area (Å²) in [6, 6.07) is 8.90. The van der Waals surface area contributed by atoms with Gasteiger partial charge in [-0.25, -0.2) is 0 Å². The Morgan fingerprint density at radius 2 is 1.91 bits per heavy atom. The number of hydrogen-bond acceptors (Lipinski definition) is 5. The van der Waals surface area contributed by atoms with Crippen molar-refractivity contribution in [3.63, 3.8) is 0 Å². The topological polar surface area (TPSA) is 84.0 Å². The molecule has 0 aliphatic heterocycles. The number of carbonyl (C=O) groups is 2. The van der Waals surface area contributed by atoms with Crippen molar-refractivity contribution in [1.29, 1.82) is 0 Å². The monoisotopic (exact) mass is 332 g/mol. The molecule has 0 atom stereocenters. The largest absolute Gasteiger partial charge is 0.352 e. The molecule has 1 aromatic carbocycles. The molecule has 2 amide bonds. The van der Waals surface area contributed by atoms with Crippen molar-refractivity contribution in [2.45, 2.75) is 26.7 Å². The number of rotatable bonds is 7. The van der Waals surface area contributed by atoms with Crippen LogP contribution >= 0.6 is 11.3 Å². The third-order valence-corrected chi connectivity index (χ3v) is 3.83. The van der Waals surface area contributed by atoms with Gasteiger partial charge in [0.1, 0.15) is 5.01 Å². The van der Waals surface area contributed by atoms with Gasteiger partial charge < -0.3 is 10.6 Å². The van der Waals surface area contributed by atoms with Gasteiger partial charge >= 0.3 is 0 Å². The Hall–Kier alpha value is -2.28. The van der Waals surface area contributed by atoms with E-state index < -0.39 is 0 Å². The number of benzene rings is 1. The Kier molecular flexibility index (Phi) is 6.22. The van der Waals surface area contributed by atoms with Gasteiger partial charge in [-0.05, 0) is 18.1 Å². The molecule has 0 fully saturated rings. The van der Waals surface area contributed by atoms with E-state index in [0.29, 0.717) is 16.6 Å². The zero-order chi connectivity index (χ0) is 16.7. The lowest BCUT2D eigenvalue weighted by Gasteiger charge is -2.04. The lowest BCUT2D eigenvalue weighted by Crippen LogP contribution is -2.27. The minimum absolute atomic E-state index is 0.187. The highest BCUT2D eigenvalue weighted by Crippen LogP contribution is 2.18. The fraction of sp³-hybridized carbons (Fsp3) is 0.375. The van der Waals surface area contributed by atoms with Gasteiger partial charge in [0.15, 0.2) is 0 Å². The summed E-state index contributed by atoms with van der Waals surface area (Å²) in [4.78, 5) is 23.7. The van der Waals surface area contributed by atoms with E-state index >= 15 is 0 Å². The van der Waals surface area contributed by atoms with Crippen molar-refractivity contribution in [3.05, 3.63) is 40.9 Å². The second-order valence-corrected chi connectivity index (χ2v) is 6.58. The van der Waals surface area contributed by atoms with E-state index in [9.17, 15) is 9.59 Å². The highest BCUT2D eigenvalue weighted by atomic mass is 32.1. The first kappa shape index (κ1) is 17.1. The van der Waals surface area contributed by atoms with Crippen LogP contribution in [0.4, 0.5) is 5.13 Å². The van der Waals surface area contributed by atoms with Gasteiger partial charge in [0.05, 0.1) is 0 Å². The Morgan fingerprint density at radius 1 is 1.17 bits per heavy atom. The van der Waals surface area contributed by atoms with E-state index in [1.54, 1.807) is 24.3 Å². The van der Waals surface area contributed by atoms with Gasteiger partial charge in [0, 0.05) is 24.9 Å². The SMILES string of the molecule is CC(C)Cc1nnc(NC(=O)CCNC(=O)c2ccccc2)s1. The zero-order valence-electron chi connectivity index (χ0n) is 13.2. The molecule has 0 aliphatic rings. The number of aromatic nitrogens is 2. The van der Waals surface area contributed by atoms with Crippen LogP contribution in [0.3, 0.4) is 0 Å². The van der Waals surface area contributed by atoms with Crippen molar-refractivity contribution in [3.8, 4) is 0 Å². The summed E-state index contributed by atoms with van der Waals surface area (Å²) in [5.41, 5.74) is 0.579. The standard InChI is InChI=1S/C16H20N4O2S/c1-11(2)10-14-19-20-16(23-14)18-13(21)8-9-17-15(22)12-6-4-3-5-7-12/h3-7,11H,8-10H2,1-2H3,(H,17,22)(H,18,20,21). The van der Waals surface area contributed by atoms with Crippen molar-refractivity contribution in [1.82, 2.24) is 15.5 Å². The summed E-state index contributed by atoms with van der Waals surface area (Å²) in [7, 11) is 0. The summed E-state index contributed by atoms with van der Waals surface area (Å²) in [6.45, 7) is 4.49. The quantitative estimate of drug-likeness (QED) is 0.816. The summed E-state index contributed by atoms with van der Waals surface area (Å²) in [5, 5.41) is 14.8. The summed E-state index contributed by atoms with van der Waals surface area (Å²) in [5.74, 6) is 0.124. The van der Waals surface area contributed by atoms with E-state index in [1.807, 2.05) is 6.07 Å². The highest BCUT2D eigenvalue weighted by molar-refractivity contribution is 7.15. The minimum Gasteiger partial charge on any atom is -0.352 e. The molecule has 2 rings (SSSR count). The number of amides is 2. The van der Waals surface area contributed by atoms with Crippen molar-refractivity contribution >= 4 is 28.3 Å². The predicted octanol–water partition coefficient (Wildman–Crippen LogP) is 2.50. The van der Waals surface area contributed by atoms with E-state index in [0.717, 1.165) is 11.4 Å². The van der Waals surface area contributed by atoms with Gasteiger partial charge in [-0.15, -0.1) is 10.2 Å². The molecule has 122 valence electrons. The average molecular weight is 332 g/mol. The van der Waals surface area contributed by atoms with Crippen LogP contribution in [0.5, 0.6) is 0 Å². The molecule has 0 aliphatic carbocycles. The van der Waals surface area contributed by atoms with Crippen LogP contribution in [-0.2, 0) is 11.2 Å². The second kappa shape index (κ2) is 8.38. The lowest BCUT2D eigenvalue weighted by atomic mass is 10.1. The molecule has 0 saturated heterocycles. The van der Waals surface area contributed by atoms with E-state index in [2.05, 4.69) is 34.7 Å². The first-order chi connectivity index (χ1) is 11.0. The maximum absolute atomic E-state index is 11.8. The van der Waals surface area contributed by atoms with Crippen LogP contribution in [0, 0.1) is 5.92 Å². The predicted molar refractivity (Wildman–Crippen MR) is 90.5 cm³/mol. The second-order valence-electron chi connectivity index (χ2n) is 5.52. The third kappa shape index (κ3) is 5.78. The van der Waals surface area contributed by atoms with Crippen LogP contribution < -0.4 is 10.6 Å². The Labute approximate surface area is 139 Å². The zero-order valence-corrected chi connectivity index (χ0v) is 14.0. The van der Waals surface area contributed by atoms with Gasteiger partial charge in [0.25, 0.3) is 5.91 Å². The van der Waals surface area contributed by atoms with Crippen molar-refractivity contribution in [2.75, 3.05) is 11.9 Å². The van der Waals surface area contributed by atoms with Crippen LogP contribution in [0.25, 0.3) is 0 Å². The van der Waals surface area contributed by atoms with Gasteiger partial charge in [0.2, 0.25) is 11.0 Å². The number of hydrogen-bond donors (Lipinski definition) is 2. The molecule has 0 bridgehead atoms. The van der Waals surface area contributed by atoms with Crippen LogP contribution in [0.2, 0.25) is 0 Å². The van der Waals surface area contributed by atoms with Crippen LogP contribution in [-0.4, -0.2) is 28.6 Å². The lowest BCUT2D eigenvalue weighted by molar-refractivity contribution is -0.116. The van der Waals surface area contributed by atoms with Crippen molar-refractivity contribution < 1.29 is 9.59 Å². The molecule has 1 heterocycles. The molecule has 2 N–H and O–H groups in total. The molecule has 23 heavy (non-hydrogen) atoms. The summed E-state index contributed by atoms with van der Waals surface area (Å²) in [6.07, 6.45) is 1.04. The minimum atomic E-state index is -0.189. The number of carbonyl (C=O) groups excluding carboxylic acids is 2. The van der Waals surface area contributed by atoms with Crippen LogP contribution in [0.15, 0.2) is 30.3 Å². The first-order valence-electron chi connectivity index (χ1n) is 7.50. The average Bonchev–Trinajstić information content (AvgIpc) is 2.94. The normalized spacial score (nSPS) is 10.6. The Bertz CT molecular complexity index is 655. The van der Waals surface area contributed by atoms with E-state index in [4.69, 9.17) is 0 Å². The summed E-state index contributed by atoms with van der Waals surface area (Å²) < 4.78 is 0. The molecule has 1 aromatic heterocycles. The molecule has 0 saturated carbocycles. The molecule has 7 heteroatoms. The third-order valence-electron chi connectivity index (χ3n) is 2.97. The van der Waals surface area contributed by atoms with Gasteiger partial charge in [-0.1, -0.05) is 43.4 Å². The van der Waals surface area contributed by atoms with E-state index in [-0.39, 0.29) is 24.8 Å². The number of nitrogens with zero attached hydrogens (tertiary/aromatic N) is 2. The highest BCUT2D eigenvalue weighted by Gasteiger charge is 2.10. The molecule has 0 unspecified atom stereocenters. The first-order valence-corrected chi connectivity index (χ1v) is 8.31. The van der Waals surface area contributed by atoms with Crippen LogP contribution in [0.1, 0.15) is 35.6 Å². The molecule has 6 nitrogen and oxygen atoms in total. The van der Waals surface area contributed by atoms with Crippen molar-refractivity contribution in [2.24, 2.45) is 5.92 Å². The molecular weight excluding hydrogens is 312 g/mol. The molecule has 0 radical (unpaired) electrons. The summed E-state index contributed by atoms with van der Waals surface area (Å²) >= 11 is 1.38. The fourth-order valence-electron chi connectivity index (χ4n) is 1.90. The molecule has 2 aromatic rings. The Balaban J connectivity index is 1.73. The number of nitrogens with one attached hydrogen (secondary N) is 2. The van der Waals surface area contributed by atoms with Gasteiger partial charge in [-0.3, -0.25) is 9.59 Å². The molecule has 0 spiro atoms. The molecular formula is C16H20N4O2S. The Morgan fingerprint density at radius 3 is 2.61 bits per heavy atom.